The first kappa shape index (κ1) is 8.34. The average molecular weight is 166 g/mol. The van der Waals surface area contributed by atoms with Gasteiger partial charge in [-0.3, -0.25) is 4.79 Å². The summed E-state index contributed by atoms with van der Waals surface area (Å²) < 4.78 is 0. The number of Topliss-reactive ketones (excluding diaryl/α,β-unsaturated/α-hetero) is 1. The van der Waals surface area contributed by atoms with E-state index >= 15 is 0 Å². The molecular weight excluding hydrogens is 156 g/mol. The molecule has 1 rings (SSSR count). The van der Waals surface area contributed by atoms with Gasteiger partial charge in [-0.2, -0.15) is 0 Å². The van der Waals surface area contributed by atoms with Crippen LogP contribution in [0, 0.1) is 6.92 Å². The molecule has 0 bridgehead atoms. The van der Waals surface area contributed by atoms with Crippen molar-refractivity contribution in [1.82, 2.24) is 0 Å². The second kappa shape index (κ2) is 3.09. The summed E-state index contributed by atoms with van der Waals surface area (Å²) in [6.07, 6.45) is 0. The van der Waals surface area contributed by atoms with E-state index in [4.69, 9.17) is 0 Å². The van der Waals surface area contributed by atoms with Crippen molar-refractivity contribution in [3.63, 3.8) is 0 Å². The molecule has 0 heterocycles. The number of benzene rings is 1. The molecule has 0 aliphatic rings. The van der Waals surface area contributed by atoms with Gasteiger partial charge in [-0.15, -0.1) is 12.6 Å². The number of aryl methyl sites for hydroxylation is 1. The van der Waals surface area contributed by atoms with Crippen LogP contribution in [-0.4, -0.2) is 5.78 Å². The summed E-state index contributed by atoms with van der Waals surface area (Å²) in [4.78, 5) is 11.8. The minimum absolute atomic E-state index is 0.0769. The monoisotopic (exact) mass is 166 g/mol. The van der Waals surface area contributed by atoms with Crippen LogP contribution in [0.25, 0.3) is 0 Å². The Hall–Kier alpha value is -0.760. The molecule has 1 aromatic carbocycles. The van der Waals surface area contributed by atoms with Crippen LogP contribution in [0.3, 0.4) is 0 Å². The second-order valence-corrected chi connectivity index (χ2v) is 3.01. The van der Waals surface area contributed by atoms with Crippen LogP contribution in [-0.2, 0) is 0 Å². The van der Waals surface area contributed by atoms with Gasteiger partial charge in [-0.05, 0) is 25.5 Å². The second-order valence-electron chi connectivity index (χ2n) is 2.53. The molecule has 0 aliphatic heterocycles. The third-order valence-corrected chi connectivity index (χ3v) is 1.98. The highest BCUT2D eigenvalue weighted by atomic mass is 32.1. The van der Waals surface area contributed by atoms with E-state index in [1.807, 2.05) is 25.1 Å². The molecule has 0 saturated heterocycles. The fraction of sp³-hybridized carbons (Fsp3) is 0.222. The van der Waals surface area contributed by atoms with Crippen molar-refractivity contribution in [2.24, 2.45) is 0 Å². The molecule has 11 heavy (non-hydrogen) atoms. The van der Waals surface area contributed by atoms with Crippen LogP contribution in [0.2, 0.25) is 0 Å². The van der Waals surface area contributed by atoms with Gasteiger partial charge in [0.1, 0.15) is 0 Å². The topological polar surface area (TPSA) is 17.1 Å². The maximum Gasteiger partial charge on any atom is 0.161 e. The average Bonchev–Trinajstić information content (AvgIpc) is 1.85. The molecule has 0 aliphatic carbocycles. The third-order valence-electron chi connectivity index (χ3n) is 1.60. The lowest BCUT2D eigenvalue weighted by Gasteiger charge is -2.03. The molecule has 0 aromatic heterocycles. The summed E-state index contributed by atoms with van der Waals surface area (Å²) >= 11 is 4.19. The molecule has 0 N–H and O–H groups in total. The first-order valence-electron chi connectivity index (χ1n) is 3.42. The number of thiol groups is 1. The Kier molecular flexibility index (Phi) is 2.35. The number of ketones is 1. The lowest BCUT2D eigenvalue weighted by Crippen LogP contribution is -1.96. The first-order chi connectivity index (χ1) is 5.13. The van der Waals surface area contributed by atoms with E-state index in [1.54, 1.807) is 6.92 Å². The number of hydrogen-bond donors (Lipinski definition) is 1. The smallest absolute Gasteiger partial charge is 0.161 e. The third kappa shape index (κ3) is 1.63. The molecule has 0 amide bonds. The van der Waals surface area contributed by atoms with Gasteiger partial charge < -0.3 is 0 Å². The zero-order valence-corrected chi connectivity index (χ0v) is 7.48. The lowest BCUT2D eigenvalue weighted by molar-refractivity contribution is 0.101. The maximum absolute atomic E-state index is 11.0. The van der Waals surface area contributed by atoms with Gasteiger partial charge in [-0.1, -0.05) is 12.1 Å². The zero-order chi connectivity index (χ0) is 8.43. The summed E-state index contributed by atoms with van der Waals surface area (Å²) in [5, 5.41) is 0. The highest BCUT2D eigenvalue weighted by molar-refractivity contribution is 7.80. The molecular formula is C9H10OS. The Morgan fingerprint density at radius 2 is 2.09 bits per heavy atom. The molecule has 0 saturated carbocycles. The highest BCUT2D eigenvalue weighted by Gasteiger charge is 2.05. The standard InChI is InChI=1S/C9H10OS/c1-6-4-3-5-8(11)9(6)7(2)10/h3-5,11H,1-2H3. The number of carbonyl (C=O) groups excluding carboxylic acids is 1. The predicted molar refractivity (Wildman–Crippen MR) is 48.4 cm³/mol. The van der Waals surface area contributed by atoms with Gasteiger partial charge in [0, 0.05) is 10.5 Å². The van der Waals surface area contributed by atoms with Gasteiger partial charge >= 0.3 is 0 Å². The molecule has 0 unspecified atom stereocenters. The maximum atomic E-state index is 11.0. The fourth-order valence-corrected chi connectivity index (χ4v) is 1.53. The molecule has 0 atom stereocenters. The summed E-state index contributed by atoms with van der Waals surface area (Å²) in [6, 6.07) is 5.63. The molecule has 2 heteroatoms. The van der Waals surface area contributed by atoms with Crippen molar-refractivity contribution in [3.8, 4) is 0 Å². The van der Waals surface area contributed by atoms with Crippen molar-refractivity contribution in [2.75, 3.05) is 0 Å². The van der Waals surface area contributed by atoms with E-state index in [0.717, 1.165) is 16.0 Å². The van der Waals surface area contributed by atoms with Crippen LogP contribution in [0.4, 0.5) is 0 Å². The van der Waals surface area contributed by atoms with E-state index in [2.05, 4.69) is 12.6 Å². The number of hydrogen-bond acceptors (Lipinski definition) is 2. The Balaban J connectivity index is 3.32. The highest BCUT2D eigenvalue weighted by Crippen LogP contribution is 2.17. The summed E-state index contributed by atoms with van der Waals surface area (Å²) in [6.45, 7) is 3.47. The fourth-order valence-electron chi connectivity index (χ4n) is 1.11. The quantitative estimate of drug-likeness (QED) is 0.501. The van der Waals surface area contributed by atoms with Crippen LogP contribution in [0.15, 0.2) is 23.1 Å². The number of carbonyl (C=O) groups is 1. The largest absolute Gasteiger partial charge is 0.294 e. The SMILES string of the molecule is CC(=O)c1c(C)cccc1S. The van der Waals surface area contributed by atoms with Gasteiger partial charge in [0.25, 0.3) is 0 Å². The van der Waals surface area contributed by atoms with E-state index < -0.39 is 0 Å². The Morgan fingerprint density at radius 3 is 2.45 bits per heavy atom. The Labute approximate surface area is 71.8 Å². The van der Waals surface area contributed by atoms with E-state index in [9.17, 15) is 4.79 Å². The number of rotatable bonds is 1. The van der Waals surface area contributed by atoms with Crippen LogP contribution < -0.4 is 0 Å². The summed E-state index contributed by atoms with van der Waals surface area (Å²) in [5.41, 5.74) is 1.72. The normalized spacial score (nSPS) is 9.73. The van der Waals surface area contributed by atoms with Gasteiger partial charge in [0.15, 0.2) is 5.78 Å². The minimum atomic E-state index is 0.0769. The van der Waals surface area contributed by atoms with Crippen molar-refractivity contribution in [1.29, 1.82) is 0 Å². The molecule has 58 valence electrons. The van der Waals surface area contributed by atoms with E-state index in [0.29, 0.717) is 0 Å². The first-order valence-corrected chi connectivity index (χ1v) is 3.87. The summed E-state index contributed by atoms with van der Waals surface area (Å²) in [7, 11) is 0. The van der Waals surface area contributed by atoms with Crippen LogP contribution in [0.5, 0.6) is 0 Å². The van der Waals surface area contributed by atoms with Gasteiger partial charge in [0.2, 0.25) is 0 Å². The summed E-state index contributed by atoms with van der Waals surface area (Å²) in [5.74, 6) is 0.0769. The van der Waals surface area contributed by atoms with Gasteiger partial charge in [-0.25, -0.2) is 0 Å². The van der Waals surface area contributed by atoms with Crippen molar-refractivity contribution in [2.45, 2.75) is 18.7 Å². The molecule has 1 aromatic rings. The van der Waals surface area contributed by atoms with Crippen LogP contribution in [0.1, 0.15) is 22.8 Å². The van der Waals surface area contributed by atoms with E-state index in [1.165, 1.54) is 0 Å². The van der Waals surface area contributed by atoms with E-state index in [-0.39, 0.29) is 5.78 Å². The van der Waals surface area contributed by atoms with Crippen molar-refractivity contribution < 1.29 is 4.79 Å². The Morgan fingerprint density at radius 1 is 1.45 bits per heavy atom. The minimum Gasteiger partial charge on any atom is -0.294 e. The lowest BCUT2D eigenvalue weighted by atomic mass is 10.1. The zero-order valence-electron chi connectivity index (χ0n) is 6.59. The van der Waals surface area contributed by atoms with Gasteiger partial charge in [0.05, 0.1) is 0 Å². The Bertz CT molecular complexity index is 271. The molecule has 0 spiro atoms. The molecule has 1 nitrogen and oxygen atoms in total. The van der Waals surface area contributed by atoms with Crippen LogP contribution >= 0.6 is 12.6 Å². The van der Waals surface area contributed by atoms with Crippen molar-refractivity contribution in [3.05, 3.63) is 29.3 Å². The predicted octanol–water partition coefficient (Wildman–Crippen LogP) is 2.49. The molecule has 0 radical (unpaired) electrons. The molecule has 0 fully saturated rings. The van der Waals surface area contributed by atoms with Crippen molar-refractivity contribution >= 4 is 18.4 Å².